The lowest BCUT2D eigenvalue weighted by Crippen LogP contribution is -2.09. The third kappa shape index (κ3) is 3.01. The monoisotopic (exact) mass is 362 g/mol. The van der Waals surface area contributed by atoms with Crippen molar-refractivity contribution in [1.29, 1.82) is 0 Å². The van der Waals surface area contributed by atoms with E-state index in [1.54, 1.807) is 11.3 Å². The van der Waals surface area contributed by atoms with E-state index >= 15 is 0 Å². The number of anilines is 2. The van der Waals surface area contributed by atoms with Crippen molar-refractivity contribution in [3.63, 3.8) is 0 Å². The van der Waals surface area contributed by atoms with Crippen molar-refractivity contribution < 1.29 is 0 Å². The molecule has 0 spiro atoms. The minimum Gasteiger partial charge on any atom is -0.363 e. The standard InChI is InChI=1S/C15H15BrN4S/c1-9(10-3-5-11(16)6-4-10)18-13-12-7-8-21-14(12)20-15(17-2)19-13/h3-9H,1-2H3,(H2,17,18,19,20). The van der Waals surface area contributed by atoms with Crippen LogP contribution in [0.25, 0.3) is 10.2 Å². The number of benzene rings is 1. The van der Waals surface area contributed by atoms with E-state index in [1.807, 2.05) is 24.6 Å². The molecular weight excluding hydrogens is 348 g/mol. The maximum Gasteiger partial charge on any atom is 0.225 e. The number of fused-ring (bicyclic) bond motifs is 1. The number of aromatic nitrogens is 2. The molecule has 0 fully saturated rings. The molecule has 1 aromatic carbocycles. The maximum absolute atomic E-state index is 4.54. The molecule has 0 aliphatic carbocycles. The molecule has 0 aliphatic rings. The van der Waals surface area contributed by atoms with Gasteiger partial charge in [-0.2, -0.15) is 4.98 Å². The Kier molecular flexibility index (Phi) is 4.07. The molecule has 3 rings (SSSR count). The zero-order chi connectivity index (χ0) is 14.8. The summed E-state index contributed by atoms with van der Waals surface area (Å²) in [6, 6.07) is 10.5. The molecular formula is C15H15BrN4S. The Bertz CT molecular complexity index is 754. The van der Waals surface area contributed by atoms with E-state index in [-0.39, 0.29) is 6.04 Å². The Labute approximate surface area is 135 Å². The molecule has 0 amide bonds. The van der Waals surface area contributed by atoms with Crippen LogP contribution in [0.3, 0.4) is 0 Å². The molecule has 2 heterocycles. The van der Waals surface area contributed by atoms with Crippen LogP contribution in [-0.2, 0) is 0 Å². The highest BCUT2D eigenvalue weighted by Gasteiger charge is 2.12. The summed E-state index contributed by atoms with van der Waals surface area (Å²) in [4.78, 5) is 9.98. The number of nitrogens with zero attached hydrogens (tertiary/aromatic N) is 2. The van der Waals surface area contributed by atoms with E-state index < -0.39 is 0 Å². The van der Waals surface area contributed by atoms with Crippen molar-refractivity contribution in [2.24, 2.45) is 0 Å². The van der Waals surface area contributed by atoms with Gasteiger partial charge in [0.25, 0.3) is 0 Å². The van der Waals surface area contributed by atoms with Crippen LogP contribution in [0.5, 0.6) is 0 Å². The van der Waals surface area contributed by atoms with Gasteiger partial charge < -0.3 is 10.6 Å². The molecule has 2 N–H and O–H groups in total. The summed E-state index contributed by atoms with van der Waals surface area (Å²) < 4.78 is 1.08. The lowest BCUT2D eigenvalue weighted by Gasteiger charge is -2.16. The number of hydrogen-bond donors (Lipinski definition) is 2. The molecule has 0 aliphatic heterocycles. The van der Waals surface area contributed by atoms with Gasteiger partial charge in [-0.3, -0.25) is 0 Å². The molecule has 1 atom stereocenters. The van der Waals surface area contributed by atoms with Crippen molar-refractivity contribution >= 4 is 49.2 Å². The van der Waals surface area contributed by atoms with Crippen LogP contribution in [0, 0.1) is 0 Å². The number of nitrogens with one attached hydrogen (secondary N) is 2. The molecule has 0 saturated heterocycles. The molecule has 3 aromatic rings. The maximum atomic E-state index is 4.54. The van der Waals surface area contributed by atoms with Gasteiger partial charge in [0.05, 0.1) is 5.39 Å². The van der Waals surface area contributed by atoms with Crippen LogP contribution in [0.4, 0.5) is 11.8 Å². The first-order chi connectivity index (χ1) is 10.2. The zero-order valence-electron chi connectivity index (χ0n) is 11.7. The van der Waals surface area contributed by atoms with E-state index in [0.29, 0.717) is 5.95 Å². The molecule has 2 aromatic heterocycles. The fourth-order valence-corrected chi connectivity index (χ4v) is 3.15. The van der Waals surface area contributed by atoms with Gasteiger partial charge in [0, 0.05) is 17.6 Å². The number of rotatable bonds is 4. The van der Waals surface area contributed by atoms with Crippen molar-refractivity contribution in [3.05, 3.63) is 45.7 Å². The average molecular weight is 363 g/mol. The summed E-state index contributed by atoms with van der Waals surface area (Å²) in [5.74, 6) is 1.50. The minimum absolute atomic E-state index is 0.167. The lowest BCUT2D eigenvalue weighted by molar-refractivity contribution is 0.876. The third-order valence-corrected chi connectivity index (χ3v) is 4.61. The number of halogens is 1. The largest absolute Gasteiger partial charge is 0.363 e. The fraction of sp³-hybridized carbons (Fsp3) is 0.200. The predicted octanol–water partition coefficient (Wildman–Crippen LogP) is 4.67. The van der Waals surface area contributed by atoms with Crippen LogP contribution < -0.4 is 10.6 Å². The Balaban J connectivity index is 1.93. The molecule has 4 nitrogen and oxygen atoms in total. The van der Waals surface area contributed by atoms with E-state index in [4.69, 9.17) is 0 Å². The van der Waals surface area contributed by atoms with E-state index in [0.717, 1.165) is 20.5 Å². The minimum atomic E-state index is 0.167. The Morgan fingerprint density at radius 1 is 1.14 bits per heavy atom. The molecule has 0 saturated carbocycles. The molecule has 0 bridgehead atoms. The van der Waals surface area contributed by atoms with Crippen LogP contribution >= 0.6 is 27.3 Å². The molecule has 108 valence electrons. The van der Waals surface area contributed by atoms with Gasteiger partial charge >= 0.3 is 0 Å². The summed E-state index contributed by atoms with van der Waals surface area (Å²) in [5, 5.41) is 9.58. The van der Waals surface area contributed by atoms with Crippen molar-refractivity contribution in [2.45, 2.75) is 13.0 Å². The summed E-state index contributed by atoms with van der Waals surface area (Å²) in [6.07, 6.45) is 0. The Hall–Kier alpha value is -1.66. The quantitative estimate of drug-likeness (QED) is 0.707. The first-order valence-electron chi connectivity index (χ1n) is 6.62. The highest BCUT2D eigenvalue weighted by molar-refractivity contribution is 9.10. The van der Waals surface area contributed by atoms with Gasteiger partial charge in [0.15, 0.2) is 0 Å². The van der Waals surface area contributed by atoms with E-state index in [2.05, 4.69) is 61.7 Å². The highest BCUT2D eigenvalue weighted by Crippen LogP contribution is 2.29. The van der Waals surface area contributed by atoms with Crippen LogP contribution in [-0.4, -0.2) is 17.0 Å². The summed E-state index contributed by atoms with van der Waals surface area (Å²) >= 11 is 5.08. The van der Waals surface area contributed by atoms with Crippen molar-refractivity contribution in [3.8, 4) is 0 Å². The van der Waals surface area contributed by atoms with Crippen LogP contribution in [0.2, 0.25) is 0 Å². The third-order valence-electron chi connectivity index (χ3n) is 3.27. The van der Waals surface area contributed by atoms with Crippen molar-refractivity contribution in [1.82, 2.24) is 9.97 Å². The first kappa shape index (κ1) is 14.3. The fourth-order valence-electron chi connectivity index (χ4n) is 2.12. The molecule has 0 radical (unpaired) electrons. The van der Waals surface area contributed by atoms with Gasteiger partial charge in [-0.1, -0.05) is 28.1 Å². The number of thiophene rings is 1. The second-order valence-electron chi connectivity index (χ2n) is 4.70. The molecule has 21 heavy (non-hydrogen) atoms. The average Bonchev–Trinajstić information content (AvgIpc) is 2.96. The Morgan fingerprint density at radius 2 is 1.90 bits per heavy atom. The molecule has 6 heteroatoms. The van der Waals surface area contributed by atoms with Gasteiger partial charge in [0.1, 0.15) is 10.6 Å². The highest BCUT2D eigenvalue weighted by atomic mass is 79.9. The number of hydrogen-bond acceptors (Lipinski definition) is 5. The van der Waals surface area contributed by atoms with Crippen LogP contribution in [0.15, 0.2) is 40.2 Å². The van der Waals surface area contributed by atoms with E-state index in [9.17, 15) is 0 Å². The zero-order valence-corrected chi connectivity index (χ0v) is 14.1. The summed E-state index contributed by atoms with van der Waals surface area (Å²) in [6.45, 7) is 2.13. The Morgan fingerprint density at radius 3 is 2.62 bits per heavy atom. The SMILES string of the molecule is CNc1nc(NC(C)c2ccc(Br)cc2)c2ccsc2n1. The summed E-state index contributed by atoms with van der Waals surface area (Å²) in [7, 11) is 1.83. The molecule has 1 unspecified atom stereocenters. The smallest absolute Gasteiger partial charge is 0.225 e. The van der Waals surface area contributed by atoms with Crippen LogP contribution in [0.1, 0.15) is 18.5 Å². The lowest BCUT2D eigenvalue weighted by atomic mass is 10.1. The van der Waals surface area contributed by atoms with E-state index in [1.165, 1.54) is 5.56 Å². The summed E-state index contributed by atoms with van der Waals surface area (Å²) in [5.41, 5.74) is 1.21. The first-order valence-corrected chi connectivity index (χ1v) is 8.29. The topological polar surface area (TPSA) is 49.8 Å². The van der Waals surface area contributed by atoms with Gasteiger partial charge in [-0.15, -0.1) is 11.3 Å². The predicted molar refractivity (Wildman–Crippen MR) is 93.1 cm³/mol. The van der Waals surface area contributed by atoms with Crippen molar-refractivity contribution in [2.75, 3.05) is 17.7 Å². The van der Waals surface area contributed by atoms with Gasteiger partial charge in [-0.05, 0) is 36.1 Å². The second kappa shape index (κ2) is 5.99. The van der Waals surface area contributed by atoms with Gasteiger partial charge in [-0.25, -0.2) is 4.98 Å². The van der Waals surface area contributed by atoms with Gasteiger partial charge in [0.2, 0.25) is 5.95 Å². The normalized spacial score (nSPS) is 12.3. The second-order valence-corrected chi connectivity index (χ2v) is 6.51.